The molecule has 0 nitrogen and oxygen atoms in total. The highest BCUT2D eigenvalue weighted by Gasteiger charge is 2.47. The van der Waals surface area contributed by atoms with Crippen LogP contribution in [0.4, 0.5) is 26.3 Å². The zero-order valence-electron chi connectivity index (χ0n) is 7.42. The van der Waals surface area contributed by atoms with E-state index in [1.807, 2.05) is 0 Å². The molecule has 1 atom stereocenters. The Bertz CT molecular complexity index is 304. The van der Waals surface area contributed by atoms with Gasteiger partial charge in [0.1, 0.15) is 0 Å². The van der Waals surface area contributed by atoms with Gasteiger partial charge in [0.05, 0.1) is 5.57 Å². The van der Waals surface area contributed by atoms with Crippen molar-refractivity contribution in [2.45, 2.75) is 19.3 Å². The van der Waals surface area contributed by atoms with Gasteiger partial charge in [0.25, 0.3) is 0 Å². The molecule has 15 heavy (non-hydrogen) atoms. The highest BCUT2D eigenvalue weighted by molar-refractivity contribution is 5.37. The van der Waals surface area contributed by atoms with Crippen LogP contribution in [0.2, 0.25) is 0 Å². The molecule has 1 aliphatic carbocycles. The van der Waals surface area contributed by atoms with Crippen LogP contribution in [0.3, 0.4) is 0 Å². The minimum atomic E-state index is -5.04. The maximum Gasteiger partial charge on any atom is 0.417 e. The van der Waals surface area contributed by atoms with E-state index >= 15 is 0 Å². The molecule has 0 amide bonds. The Morgan fingerprint density at radius 1 is 1.07 bits per heavy atom. The van der Waals surface area contributed by atoms with E-state index in [0.717, 1.165) is 13.0 Å². The molecule has 0 heterocycles. The van der Waals surface area contributed by atoms with Gasteiger partial charge >= 0.3 is 12.4 Å². The Kier molecular flexibility index (Phi) is 2.89. The summed E-state index contributed by atoms with van der Waals surface area (Å²) in [5.41, 5.74) is -3.40. The molecular weight excluding hydrogens is 222 g/mol. The summed E-state index contributed by atoms with van der Waals surface area (Å²) >= 11 is 0. The van der Waals surface area contributed by atoms with Crippen LogP contribution in [0.25, 0.3) is 0 Å². The third-order valence-electron chi connectivity index (χ3n) is 1.84. The van der Waals surface area contributed by atoms with Gasteiger partial charge in [-0.2, -0.15) is 26.3 Å². The summed E-state index contributed by atoms with van der Waals surface area (Å²) in [5.74, 6) is -1.43. The number of hydrogen-bond donors (Lipinski definition) is 0. The van der Waals surface area contributed by atoms with Gasteiger partial charge in [-0.25, -0.2) is 0 Å². The standard InChI is InChI=1S/C9H5F6/c1-5-3-2-4-6(8(10,11)12)7(5)9(13,14)15/h2,5H,1H3. The van der Waals surface area contributed by atoms with E-state index in [4.69, 9.17) is 0 Å². The van der Waals surface area contributed by atoms with Crippen molar-refractivity contribution < 1.29 is 26.3 Å². The zero-order chi connectivity index (χ0) is 11.9. The predicted octanol–water partition coefficient (Wildman–Crippen LogP) is 3.50. The molecule has 0 aromatic heterocycles. The van der Waals surface area contributed by atoms with Crippen molar-refractivity contribution >= 4 is 0 Å². The monoisotopic (exact) mass is 227 g/mol. The normalized spacial score (nSPS) is 23.5. The van der Waals surface area contributed by atoms with Crippen LogP contribution in [-0.4, -0.2) is 12.4 Å². The lowest BCUT2D eigenvalue weighted by molar-refractivity contribution is -0.118. The quantitative estimate of drug-likeness (QED) is 0.555. The second-order valence-corrected chi connectivity index (χ2v) is 2.96. The van der Waals surface area contributed by atoms with Crippen LogP contribution in [-0.2, 0) is 0 Å². The molecule has 1 aliphatic rings. The summed E-state index contributed by atoms with van der Waals surface area (Å²) in [4.78, 5) is 0. The number of allylic oxidation sites excluding steroid dienone is 4. The van der Waals surface area contributed by atoms with E-state index < -0.39 is 29.4 Å². The van der Waals surface area contributed by atoms with Crippen molar-refractivity contribution in [1.82, 2.24) is 0 Å². The fraction of sp³-hybridized carbons (Fsp3) is 0.444. The van der Waals surface area contributed by atoms with Gasteiger partial charge in [0, 0.05) is 12.0 Å². The molecule has 0 aliphatic heterocycles. The maximum atomic E-state index is 12.3. The SMILES string of the molecule is CC1[C]C=[C]C(C(F)(F)F)=C1C(F)(F)F. The molecule has 0 aromatic carbocycles. The minimum Gasteiger partial charge on any atom is -0.166 e. The first kappa shape index (κ1) is 12.1. The van der Waals surface area contributed by atoms with Crippen molar-refractivity contribution in [3.63, 3.8) is 0 Å². The van der Waals surface area contributed by atoms with Crippen molar-refractivity contribution in [3.05, 3.63) is 29.7 Å². The fourth-order valence-corrected chi connectivity index (χ4v) is 1.24. The second kappa shape index (κ2) is 3.57. The molecule has 0 aromatic rings. The van der Waals surface area contributed by atoms with E-state index in [2.05, 4.69) is 6.42 Å². The topological polar surface area (TPSA) is 0 Å². The summed E-state index contributed by atoms with van der Waals surface area (Å²) < 4.78 is 73.6. The van der Waals surface area contributed by atoms with E-state index in [1.54, 1.807) is 6.08 Å². The van der Waals surface area contributed by atoms with Crippen LogP contribution in [0.5, 0.6) is 0 Å². The number of alkyl halides is 6. The minimum absolute atomic E-state index is 0.739. The summed E-state index contributed by atoms with van der Waals surface area (Å²) in [6.45, 7) is 1.01. The lowest BCUT2D eigenvalue weighted by Crippen LogP contribution is -2.27. The highest BCUT2D eigenvalue weighted by atomic mass is 19.4. The molecule has 0 saturated carbocycles. The Morgan fingerprint density at radius 3 is 1.93 bits per heavy atom. The van der Waals surface area contributed by atoms with Gasteiger partial charge < -0.3 is 0 Å². The highest BCUT2D eigenvalue weighted by Crippen LogP contribution is 2.42. The smallest absolute Gasteiger partial charge is 0.166 e. The first-order valence-corrected chi connectivity index (χ1v) is 3.87. The van der Waals surface area contributed by atoms with Crippen molar-refractivity contribution in [2.75, 3.05) is 0 Å². The maximum absolute atomic E-state index is 12.3. The lowest BCUT2D eigenvalue weighted by atomic mass is 9.87. The van der Waals surface area contributed by atoms with Gasteiger partial charge in [-0.3, -0.25) is 0 Å². The Morgan fingerprint density at radius 2 is 1.60 bits per heavy atom. The van der Waals surface area contributed by atoms with Crippen molar-refractivity contribution in [2.24, 2.45) is 5.92 Å². The Hall–Kier alpha value is -0.940. The summed E-state index contributed by atoms with van der Waals surface area (Å²) in [7, 11) is 0. The predicted molar refractivity (Wildman–Crippen MR) is 39.4 cm³/mol. The third-order valence-corrected chi connectivity index (χ3v) is 1.84. The average molecular weight is 227 g/mol. The van der Waals surface area contributed by atoms with Crippen LogP contribution in [0.1, 0.15) is 6.92 Å². The molecule has 1 unspecified atom stereocenters. The fourth-order valence-electron chi connectivity index (χ4n) is 1.24. The number of hydrogen-bond acceptors (Lipinski definition) is 0. The summed E-state index contributed by atoms with van der Waals surface area (Å²) in [6.07, 6.45) is -5.65. The van der Waals surface area contributed by atoms with E-state index in [-0.39, 0.29) is 0 Å². The van der Waals surface area contributed by atoms with Gasteiger partial charge in [0.2, 0.25) is 0 Å². The molecule has 83 valence electrons. The molecule has 0 fully saturated rings. The largest absolute Gasteiger partial charge is 0.417 e. The van der Waals surface area contributed by atoms with Crippen LogP contribution >= 0.6 is 0 Å². The molecule has 1 rings (SSSR count). The zero-order valence-corrected chi connectivity index (χ0v) is 7.42. The van der Waals surface area contributed by atoms with Crippen molar-refractivity contribution in [3.8, 4) is 0 Å². The number of halogens is 6. The molecule has 0 spiro atoms. The van der Waals surface area contributed by atoms with Gasteiger partial charge in [-0.05, 0) is 12.0 Å². The molecular formula is C9H5F6. The van der Waals surface area contributed by atoms with Crippen LogP contribution in [0.15, 0.2) is 17.2 Å². The lowest BCUT2D eigenvalue weighted by Gasteiger charge is -2.24. The summed E-state index contributed by atoms with van der Waals surface area (Å²) in [6, 6.07) is 0. The van der Waals surface area contributed by atoms with Crippen molar-refractivity contribution in [1.29, 1.82) is 0 Å². The van der Waals surface area contributed by atoms with Crippen LogP contribution < -0.4 is 0 Å². The first-order valence-electron chi connectivity index (χ1n) is 3.87. The molecule has 6 heteroatoms. The van der Waals surface area contributed by atoms with E-state index in [0.29, 0.717) is 0 Å². The average Bonchev–Trinajstić information content (AvgIpc) is 1.99. The van der Waals surface area contributed by atoms with Gasteiger partial charge in [0.15, 0.2) is 0 Å². The second-order valence-electron chi connectivity index (χ2n) is 2.96. The van der Waals surface area contributed by atoms with Gasteiger partial charge in [-0.15, -0.1) is 0 Å². The van der Waals surface area contributed by atoms with E-state index in [1.165, 1.54) is 0 Å². The molecule has 0 N–H and O–H groups in total. The summed E-state index contributed by atoms with van der Waals surface area (Å²) in [5, 5.41) is 0. The Balaban J connectivity index is 3.30. The third kappa shape index (κ3) is 2.54. The molecule has 0 bridgehead atoms. The molecule has 3 radical (unpaired) electrons. The number of rotatable bonds is 0. The van der Waals surface area contributed by atoms with E-state index in [9.17, 15) is 26.3 Å². The Labute approximate surface area is 82.3 Å². The van der Waals surface area contributed by atoms with Gasteiger partial charge in [-0.1, -0.05) is 13.0 Å². The first-order chi connectivity index (χ1) is 6.64. The van der Waals surface area contributed by atoms with Crippen LogP contribution in [0, 0.1) is 18.4 Å². The molecule has 0 saturated heterocycles.